The first-order chi connectivity index (χ1) is 12.8. The molecule has 2 heterocycles. The molecule has 0 N–H and O–H groups in total. The summed E-state index contributed by atoms with van der Waals surface area (Å²) in [5, 5.41) is 0.845. The fourth-order valence-corrected chi connectivity index (χ4v) is 7.67. The number of hydrogen-bond donors (Lipinski definition) is 0. The number of thioether (sulfide) groups is 1. The molecular formula is C18H23ClN2O4S2. The first-order valence-electron chi connectivity index (χ1n) is 8.92. The van der Waals surface area contributed by atoms with Crippen LogP contribution in [0.25, 0.3) is 0 Å². The third-order valence-electron chi connectivity index (χ3n) is 5.02. The van der Waals surface area contributed by atoms with Crippen molar-refractivity contribution in [2.24, 2.45) is 10.9 Å². The number of sulfone groups is 1. The number of amides is 1. The molecule has 1 aromatic rings. The van der Waals surface area contributed by atoms with E-state index in [1.165, 1.54) is 18.9 Å². The number of methoxy groups -OCH3 is 1. The number of carbonyl (C=O) groups excluding carboxylic acids is 1. The Balaban J connectivity index is 2.01. The molecule has 1 amide bonds. The summed E-state index contributed by atoms with van der Waals surface area (Å²) in [6.07, 6.45) is 1.46. The number of rotatable bonds is 5. The number of anilines is 1. The first kappa shape index (κ1) is 20.5. The van der Waals surface area contributed by atoms with Crippen LogP contribution in [0.1, 0.15) is 26.7 Å². The van der Waals surface area contributed by atoms with Crippen molar-refractivity contribution < 1.29 is 17.9 Å². The predicted octanol–water partition coefficient (Wildman–Crippen LogP) is 3.39. The Hall–Kier alpha value is -1.25. The molecule has 3 rings (SSSR count). The first-order valence-corrected chi connectivity index (χ1v) is 12.0. The average molecular weight is 431 g/mol. The maximum absolute atomic E-state index is 12.6. The number of aliphatic imine (C=N–C) groups is 1. The molecule has 0 aromatic heterocycles. The summed E-state index contributed by atoms with van der Waals surface area (Å²) in [5.74, 6) is 0.404. The molecule has 1 aromatic carbocycles. The van der Waals surface area contributed by atoms with E-state index in [4.69, 9.17) is 16.3 Å². The number of halogens is 1. The molecule has 6 nitrogen and oxygen atoms in total. The zero-order chi connectivity index (χ0) is 19.8. The molecule has 0 spiro atoms. The van der Waals surface area contributed by atoms with Crippen molar-refractivity contribution in [3.05, 3.63) is 23.2 Å². The summed E-state index contributed by atoms with van der Waals surface area (Å²) in [6, 6.07) is 5.03. The summed E-state index contributed by atoms with van der Waals surface area (Å²) < 4.78 is 29.4. The van der Waals surface area contributed by atoms with Crippen molar-refractivity contribution in [2.45, 2.75) is 38.0 Å². The van der Waals surface area contributed by atoms with Crippen LogP contribution in [0.15, 0.2) is 23.2 Å². The predicted molar refractivity (Wildman–Crippen MR) is 111 cm³/mol. The topological polar surface area (TPSA) is 76.0 Å². The minimum Gasteiger partial charge on any atom is -0.495 e. The molecule has 2 aliphatic rings. The van der Waals surface area contributed by atoms with Crippen LogP contribution in [-0.2, 0) is 14.6 Å². The van der Waals surface area contributed by atoms with E-state index in [-0.39, 0.29) is 34.6 Å². The quantitative estimate of drug-likeness (QED) is 0.712. The normalized spacial score (nSPS) is 25.2. The number of fused-ring (bicyclic) bond motifs is 1. The number of nitrogens with zero attached hydrogens (tertiary/aromatic N) is 2. The summed E-state index contributed by atoms with van der Waals surface area (Å²) in [7, 11) is -1.57. The Kier molecular flexibility index (Phi) is 6.08. The van der Waals surface area contributed by atoms with Crippen LogP contribution in [-0.4, -0.2) is 49.4 Å². The summed E-state index contributed by atoms with van der Waals surface area (Å²) in [6.45, 7) is 3.94. The van der Waals surface area contributed by atoms with E-state index < -0.39 is 9.84 Å². The molecule has 9 heteroatoms. The highest BCUT2D eigenvalue weighted by molar-refractivity contribution is 8.16. The smallest absolute Gasteiger partial charge is 0.251 e. The maximum atomic E-state index is 12.6. The van der Waals surface area contributed by atoms with Gasteiger partial charge < -0.3 is 9.64 Å². The van der Waals surface area contributed by atoms with Gasteiger partial charge in [-0.15, -0.1) is 0 Å². The van der Waals surface area contributed by atoms with Crippen molar-refractivity contribution in [1.29, 1.82) is 0 Å². The Morgan fingerprint density at radius 2 is 2.07 bits per heavy atom. The van der Waals surface area contributed by atoms with Gasteiger partial charge in [-0.2, -0.15) is 4.99 Å². The molecule has 148 valence electrons. The highest BCUT2D eigenvalue weighted by Gasteiger charge is 2.49. The van der Waals surface area contributed by atoms with Crippen LogP contribution < -0.4 is 9.64 Å². The van der Waals surface area contributed by atoms with E-state index in [0.29, 0.717) is 21.6 Å². The van der Waals surface area contributed by atoms with Gasteiger partial charge in [-0.1, -0.05) is 37.2 Å². The van der Waals surface area contributed by atoms with Gasteiger partial charge in [0.15, 0.2) is 15.0 Å². The number of benzene rings is 1. The van der Waals surface area contributed by atoms with Gasteiger partial charge in [0.1, 0.15) is 5.75 Å². The third kappa shape index (κ3) is 4.12. The van der Waals surface area contributed by atoms with Crippen LogP contribution in [0.2, 0.25) is 5.02 Å². The molecule has 2 fully saturated rings. The largest absolute Gasteiger partial charge is 0.495 e. The Bertz CT molecular complexity index is 868. The zero-order valence-corrected chi connectivity index (χ0v) is 17.9. The molecule has 0 bridgehead atoms. The van der Waals surface area contributed by atoms with Gasteiger partial charge in [-0.05, 0) is 31.0 Å². The van der Waals surface area contributed by atoms with Crippen LogP contribution in [0.4, 0.5) is 5.69 Å². The lowest BCUT2D eigenvalue weighted by molar-refractivity contribution is -0.121. The highest BCUT2D eigenvalue weighted by Crippen LogP contribution is 2.42. The number of ether oxygens (including phenoxy) is 1. The van der Waals surface area contributed by atoms with Crippen molar-refractivity contribution in [3.8, 4) is 5.75 Å². The average Bonchev–Trinajstić information content (AvgIpc) is 3.06. The van der Waals surface area contributed by atoms with E-state index in [0.717, 1.165) is 12.8 Å². The van der Waals surface area contributed by atoms with Gasteiger partial charge in [-0.3, -0.25) is 4.79 Å². The SMILES string of the molecule is CCC(CC)C(=O)N=C1S[C@H]2CS(=O)(=O)C[C@@H]2N1c1ccc(OC)c(Cl)c1. The second-order valence-corrected chi connectivity index (χ2v) is 10.5. The van der Waals surface area contributed by atoms with E-state index in [1.54, 1.807) is 12.1 Å². The van der Waals surface area contributed by atoms with Crippen molar-refractivity contribution >= 4 is 50.0 Å². The van der Waals surface area contributed by atoms with Gasteiger partial charge in [0.25, 0.3) is 5.91 Å². The lowest BCUT2D eigenvalue weighted by Gasteiger charge is -2.25. The van der Waals surface area contributed by atoms with Crippen molar-refractivity contribution in [3.63, 3.8) is 0 Å². The molecule has 0 saturated carbocycles. The number of hydrogen-bond acceptors (Lipinski definition) is 5. The molecule has 27 heavy (non-hydrogen) atoms. The van der Waals surface area contributed by atoms with E-state index in [2.05, 4.69) is 4.99 Å². The number of amidine groups is 1. The zero-order valence-electron chi connectivity index (χ0n) is 15.5. The molecule has 0 unspecified atom stereocenters. The Morgan fingerprint density at radius 1 is 1.37 bits per heavy atom. The van der Waals surface area contributed by atoms with Crippen LogP contribution >= 0.6 is 23.4 Å². The van der Waals surface area contributed by atoms with Gasteiger partial charge in [0.2, 0.25) is 0 Å². The minimum atomic E-state index is -3.11. The number of carbonyl (C=O) groups is 1. The second kappa shape index (κ2) is 8.01. The third-order valence-corrected chi connectivity index (χ3v) is 8.53. The van der Waals surface area contributed by atoms with Crippen molar-refractivity contribution in [2.75, 3.05) is 23.5 Å². The van der Waals surface area contributed by atoms with Crippen LogP contribution in [0.3, 0.4) is 0 Å². The lowest BCUT2D eigenvalue weighted by Crippen LogP contribution is -2.38. The maximum Gasteiger partial charge on any atom is 0.251 e. The van der Waals surface area contributed by atoms with E-state index in [9.17, 15) is 13.2 Å². The highest BCUT2D eigenvalue weighted by atomic mass is 35.5. The van der Waals surface area contributed by atoms with Gasteiger partial charge in [-0.25, -0.2) is 8.42 Å². The fourth-order valence-electron chi connectivity index (χ4n) is 3.50. The monoisotopic (exact) mass is 430 g/mol. The van der Waals surface area contributed by atoms with Gasteiger partial charge >= 0.3 is 0 Å². The summed E-state index contributed by atoms with van der Waals surface area (Å²) in [5.41, 5.74) is 0.717. The van der Waals surface area contributed by atoms with E-state index in [1.807, 2.05) is 24.8 Å². The molecule has 2 saturated heterocycles. The Morgan fingerprint density at radius 3 is 2.67 bits per heavy atom. The lowest BCUT2D eigenvalue weighted by atomic mass is 10.0. The molecule has 2 aliphatic heterocycles. The van der Waals surface area contributed by atoms with Crippen LogP contribution in [0.5, 0.6) is 5.75 Å². The summed E-state index contributed by atoms with van der Waals surface area (Å²) in [4.78, 5) is 18.8. The summed E-state index contributed by atoms with van der Waals surface area (Å²) >= 11 is 7.64. The minimum absolute atomic E-state index is 0.0481. The standard InChI is InChI=1S/C18H23ClN2O4S2/c1-4-11(5-2)17(22)20-18-21(12-6-7-15(25-3)13(19)8-12)14-9-27(23,24)10-16(14)26-18/h6-8,11,14,16H,4-5,9-10H2,1-3H3/t14-,16-/m0/s1. The second-order valence-electron chi connectivity index (χ2n) is 6.74. The van der Waals surface area contributed by atoms with Crippen LogP contribution in [0, 0.1) is 5.92 Å². The fraction of sp³-hybridized carbons (Fsp3) is 0.556. The molecule has 0 radical (unpaired) electrons. The Labute approximate surface area is 169 Å². The van der Waals surface area contributed by atoms with Crippen molar-refractivity contribution in [1.82, 2.24) is 0 Å². The molecular weight excluding hydrogens is 408 g/mol. The van der Waals surface area contributed by atoms with Gasteiger partial charge in [0.05, 0.1) is 29.7 Å². The van der Waals surface area contributed by atoms with Gasteiger partial charge in [0, 0.05) is 16.9 Å². The van der Waals surface area contributed by atoms with E-state index >= 15 is 0 Å². The molecule has 0 aliphatic carbocycles. The molecule has 2 atom stereocenters.